The summed E-state index contributed by atoms with van der Waals surface area (Å²) in [4.78, 5) is 27.6. The molecular weight excluding hydrogens is 385 g/mol. The van der Waals surface area contributed by atoms with Gasteiger partial charge in [-0.05, 0) is 37.6 Å². The number of carbonyl (C=O) groups is 2. The van der Waals surface area contributed by atoms with Gasteiger partial charge in [0.15, 0.2) is 24.1 Å². The maximum absolute atomic E-state index is 13.8. The first-order chi connectivity index (χ1) is 13.8. The van der Waals surface area contributed by atoms with Crippen LogP contribution in [0.4, 0.5) is 13.2 Å². The first kappa shape index (κ1) is 20.7. The lowest BCUT2D eigenvalue weighted by molar-refractivity contribution is -0.134. The molecule has 8 heteroatoms. The second kappa shape index (κ2) is 8.55. The number of benzene rings is 2. The summed E-state index contributed by atoms with van der Waals surface area (Å²) in [6, 6.07) is 7.31. The fourth-order valence-corrected chi connectivity index (χ4v) is 3.21. The third kappa shape index (κ3) is 4.52. The van der Waals surface area contributed by atoms with Crippen molar-refractivity contribution in [2.75, 3.05) is 32.8 Å². The average molecular weight is 406 g/mol. The van der Waals surface area contributed by atoms with E-state index in [0.717, 1.165) is 23.3 Å². The van der Waals surface area contributed by atoms with E-state index in [1.54, 1.807) is 4.90 Å². The highest BCUT2D eigenvalue weighted by Gasteiger charge is 2.28. The van der Waals surface area contributed by atoms with E-state index in [4.69, 9.17) is 4.74 Å². The minimum absolute atomic E-state index is 0.129. The first-order valence-electron chi connectivity index (χ1n) is 9.18. The zero-order valence-corrected chi connectivity index (χ0v) is 16.2. The van der Waals surface area contributed by atoms with Crippen LogP contribution in [0.2, 0.25) is 0 Å². The highest BCUT2D eigenvalue weighted by atomic mass is 19.2. The van der Waals surface area contributed by atoms with Gasteiger partial charge in [-0.25, -0.2) is 13.2 Å². The van der Waals surface area contributed by atoms with Gasteiger partial charge in [0, 0.05) is 26.2 Å². The molecule has 5 nitrogen and oxygen atoms in total. The number of hydrogen-bond donors (Lipinski definition) is 0. The lowest BCUT2D eigenvalue weighted by Crippen LogP contribution is -2.51. The lowest BCUT2D eigenvalue weighted by atomic mass is 10.1. The molecule has 0 atom stereocenters. The molecule has 154 valence electrons. The molecule has 2 aromatic rings. The third-order valence-corrected chi connectivity index (χ3v) is 4.87. The van der Waals surface area contributed by atoms with Crippen molar-refractivity contribution in [2.24, 2.45) is 0 Å². The van der Waals surface area contributed by atoms with Crippen LogP contribution in [0.25, 0.3) is 0 Å². The third-order valence-electron chi connectivity index (χ3n) is 4.87. The van der Waals surface area contributed by atoms with Crippen LogP contribution in [0, 0.1) is 31.3 Å². The van der Waals surface area contributed by atoms with Crippen LogP contribution in [0.15, 0.2) is 30.3 Å². The van der Waals surface area contributed by atoms with Gasteiger partial charge in [-0.2, -0.15) is 0 Å². The van der Waals surface area contributed by atoms with Crippen LogP contribution in [0.3, 0.4) is 0 Å². The number of ether oxygens (including phenoxy) is 1. The topological polar surface area (TPSA) is 49.9 Å². The second-order valence-corrected chi connectivity index (χ2v) is 6.95. The zero-order valence-electron chi connectivity index (χ0n) is 16.2. The maximum atomic E-state index is 13.8. The summed E-state index contributed by atoms with van der Waals surface area (Å²) in [5.41, 5.74) is 1.50. The van der Waals surface area contributed by atoms with Crippen molar-refractivity contribution < 1.29 is 27.5 Å². The number of rotatable bonds is 4. The minimum atomic E-state index is -1.67. The van der Waals surface area contributed by atoms with E-state index >= 15 is 0 Å². The van der Waals surface area contributed by atoms with Gasteiger partial charge in [-0.15, -0.1) is 0 Å². The van der Waals surface area contributed by atoms with E-state index in [9.17, 15) is 22.8 Å². The number of halogens is 3. The molecule has 0 unspecified atom stereocenters. The van der Waals surface area contributed by atoms with Crippen LogP contribution < -0.4 is 4.74 Å². The summed E-state index contributed by atoms with van der Waals surface area (Å²) in [5.74, 6) is -4.86. The summed E-state index contributed by atoms with van der Waals surface area (Å²) in [6.45, 7) is 4.54. The molecule has 2 aromatic carbocycles. The quantitative estimate of drug-likeness (QED) is 0.734. The molecule has 1 heterocycles. The zero-order chi connectivity index (χ0) is 21.1. The van der Waals surface area contributed by atoms with Crippen molar-refractivity contribution in [2.45, 2.75) is 13.8 Å². The van der Waals surface area contributed by atoms with E-state index in [1.165, 1.54) is 4.90 Å². The second-order valence-electron chi connectivity index (χ2n) is 6.95. The molecule has 0 spiro atoms. The van der Waals surface area contributed by atoms with Crippen molar-refractivity contribution >= 4 is 11.8 Å². The molecule has 0 aromatic heterocycles. The summed E-state index contributed by atoms with van der Waals surface area (Å²) in [5, 5.41) is 0. The van der Waals surface area contributed by atoms with Crippen LogP contribution in [0.1, 0.15) is 21.5 Å². The van der Waals surface area contributed by atoms with Gasteiger partial charge in [-0.3, -0.25) is 9.59 Å². The molecule has 0 bridgehead atoms. The molecule has 0 radical (unpaired) electrons. The number of amides is 2. The van der Waals surface area contributed by atoms with Crippen LogP contribution in [0.5, 0.6) is 5.75 Å². The van der Waals surface area contributed by atoms with E-state index in [-0.39, 0.29) is 38.7 Å². The van der Waals surface area contributed by atoms with Crippen molar-refractivity contribution in [3.8, 4) is 5.75 Å². The Morgan fingerprint density at radius 2 is 1.59 bits per heavy atom. The Kier molecular flexibility index (Phi) is 6.10. The van der Waals surface area contributed by atoms with E-state index in [1.807, 2.05) is 32.0 Å². The van der Waals surface area contributed by atoms with Gasteiger partial charge in [-0.1, -0.05) is 17.7 Å². The Hall–Kier alpha value is -3.03. The number of nitrogens with zero attached hydrogens (tertiary/aromatic N) is 2. The van der Waals surface area contributed by atoms with Crippen molar-refractivity contribution in [3.63, 3.8) is 0 Å². The molecule has 1 fully saturated rings. The molecular formula is C21H21F3N2O3. The SMILES string of the molecule is Cc1ccc(OCC(=O)N2CCN(C(=O)c3ccc(F)c(F)c3F)CC2)c(C)c1. The number of piperazine rings is 1. The van der Waals surface area contributed by atoms with Crippen LogP contribution in [-0.2, 0) is 4.79 Å². The summed E-state index contributed by atoms with van der Waals surface area (Å²) in [6.07, 6.45) is 0. The molecule has 1 saturated heterocycles. The van der Waals surface area contributed by atoms with Gasteiger partial charge in [0.25, 0.3) is 11.8 Å². The summed E-state index contributed by atoms with van der Waals surface area (Å²) < 4.78 is 45.9. The molecule has 0 N–H and O–H groups in total. The molecule has 0 aliphatic carbocycles. The predicted molar refractivity (Wildman–Crippen MR) is 100 cm³/mol. The highest BCUT2D eigenvalue weighted by Crippen LogP contribution is 2.20. The van der Waals surface area contributed by atoms with E-state index in [2.05, 4.69) is 0 Å². The van der Waals surface area contributed by atoms with Crippen molar-refractivity contribution in [1.82, 2.24) is 9.80 Å². The number of carbonyl (C=O) groups excluding carboxylic acids is 2. The molecule has 29 heavy (non-hydrogen) atoms. The van der Waals surface area contributed by atoms with Crippen LogP contribution >= 0.6 is 0 Å². The lowest BCUT2D eigenvalue weighted by Gasteiger charge is -2.34. The maximum Gasteiger partial charge on any atom is 0.260 e. The largest absolute Gasteiger partial charge is 0.484 e. The highest BCUT2D eigenvalue weighted by molar-refractivity contribution is 5.94. The summed E-state index contributed by atoms with van der Waals surface area (Å²) in [7, 11) is 0. The van der Waals surface area contributed by atoms with E-state index < -0.39 is 28.9 Å². The number of hydrogen-bond acceptors (Lipinski definition) is 3. The van der Waals surface area contributed by atoms with Gasteiger partial charge >= 0.3 is 0 Å². The Bertz CT molecular complexity index is 941. The average Bonchev–Trinajstić information content (AvgIpc) is 2.71. The Balaban J connectivity index is 1.55. The standard InChI is InChI=1S/C21H21F3N2O3/c1-13-3-6-17(14(2)11-13)29-12-18(27)25-7-9-26(10-8-25)21(28)15-4-5-16(22)20(24)19(15)23/h3-6,11H,7-10,12H2,1-2H3. The van der Waals surface area contributed by atoms with Crippen molar-refractivity contribution in [1.29, 1.82) is 0 Å². The fourth-order valence-electron chi connectivity index (χ4n) is 3.21. The molecule has 1 aliphatic heterocycles. The molecule has 0 saturated carbocycles. The van der Waals surface area contributed by atoms with Gasteiger partial charge in [0.1, 0.15) is 5.75 Å². The first-order valence-corrected chi connectivity index (χ1v) is 9.18. The Morgan fingerprint density at radius 1 is 0.931 bits per heavy atom. The summed E-state index contributed by atoms with van der Waals surface area (Å²) >= 11 is 0. The Labute approximate surface area is 166 Å². The molecule has 2 amide bonds. The van der Waals surface area contributed by atoms with Crippen molar-refractivity contribution in [3.05, 3.63) is 64.5 Å². The van der Waals surface area contributed by atoms with Gasteiger partial charge in [0.05, 0.1) is 5.56 Å². The normalized spacial score (nSPS) is 14.1. The van der Waals surface area contributed by atoms with E-state index in [0.29, 0.717) is 5.75 Å². The fraction of sp³-hybridized carbons (Fsp3) is 0.333. The minimum Gasteiger partial charge on any atom is -0.484 e. The predicted octanol–water partition coefficient (Wildman–Crippen LogP) is 3.08. The van der Waals surface area contributed by atoms with Crippen LogP contribution in [-0.4, -0.2) is 54.4 Å². The monoisotopic (exact) mass is 406 g/mol. The smallest absolute Gasteiger partial charge is 0.260 e. The van der Waals surface area contributed by atoms with Gasteiger partial charge < -0.3 is 14.5 Å². The van der Waals surface area contributed by atoms with Gasteiger partial charge in [0.2, 0.25) is 0 Å². The Morgan fingerprint density at radius 3 is 2.24 bits per heavy atom. The number of aryl methyl sites for hydroxylation is 2. The molecule has 3 rings (SSSR count). The molecule has 1 aliphatic rings.